The number of pyridine rings is 1. The van der Waals surface area contributed by atoms with Gasteiger partial charge in [0.25, 0.3) is 5.89 Å². The molecular weight excluding hydrogens is 330 g/mol. The molecule has 24 heavy (non-hydrogen) atoms. The van der Waals surface area contributed by atoms with Gasteiger partial charge in [-0.05, 0) is 19.2 Å². The van der Waals surface area contributed by atoms with Crippen molar-refractivity contribution in [2.45, 2.75) is 6.04 Å². The summed E-state index contributed by atoms with van der Waals surface area (Å²) in [5.74, 6) is 1.18. The summed E-state index contributed by atoms with van der Waals surface area (Å²) in [5, 5.41) is 11.8. The predicted octanol–water partition coefficient (Wildman–Crippen LogP) is 1.32. The number of hydrogen-bond donors (Lipinski definition) is 1. The summed E-state index contributed by atoms with van der Waals surface area (Å²) in [6.45, 7) is 2.77. The molecule has 1 fully saturated rings. The van der Waals surface area contributed by atoms with Gasteiger partial charge in [-0.2, -0.15) is 10.1 Å². The van der Waals surface area contributed by atoms with E-state index in [1.807, 2.05) is 18.3 Å². The maximum absolute atomic E-state index is 5.42. The molecule has 3 aromatic rings. The molecule has 1 aliphatic rings. The van der Waals surface area contributed by atoms with E-state index < -0.39 is 0 Å². The van der Waals surface area contributed by atoms with Crippen molar-refractivity contribution in [3.05, 3.63) is 42.7 Å². The normalized spacial score (nSPS) is 18.3. The van der Waals surface area contributed by atoms with Crippen LogP contribution >= 0.6 is 12.4 Å². The Kier molecular flexibility index (Phi) is 4.89. The Morgan fingerprint density at radius 1 is 1.33 bits per heavy atom. The molecule has 9 heteroatoms. The number of hydrogen-bond acceptors (Lipinski definition) is 7. The maximum atomic E-state index is 5.42. The van der Waals surface area contributed by atoms with E-state index in [0.29, 0.717) is 11.7 Å². The molecule has 8 nitrogen and oxygen atoms in total. The fourth-order valence-corrected chi connectivity index (χ4v) is 2.65. The van der Waals surface area contributed by atoms with Crippen LogP contribution in [-0.2, 0) is 0 Å². The van der Waals surface area contributed by atoms with Gasteiger partial charge in [-0.3, -0.25) is 9.88 Å². The Morgan fingerprint density at radius 2 is 2.25 bits per heavy atom. The Hall–Kier alpha value is -2.29. The molecule has 0 aromatic carbocycles. The zero-order chi connectivity index (χ0) is 15.6. The van der Waals surface area contributed by atoms with Gasteiger partial charge in [0.05, 0.1) is 29.7 Å². The highest BCUT2D eigenvalue weighted by Crippen LogP contribution is 2.23. The second-order valence-electron chi connectivity index (χ2n) is 5.54. The summed E-state index contributed by atoms with van der Waals surface area (Å²) in [5.41, 5.74) is 1.67. The minimum atomic E-state index is 0. The largest absolute Gasteiger partial charge is 0.334 e. The average molecular weight is 348 g/mol. The van der Waals surface area contributed by atoms with Gasteiger partial charge in [-0.25, -0.2) is 4.68 Å². The van der Waals surface area contributed by atoms with E-state index in [-0.39, 0.29) is 18.4 Å². The first kappa shape index (κ1) is 16.6. The molecule has 1 atom stereocenters. The first-order chi connectivity index (χ1) is 11.3. The molecule has 0 bridgehead atoms. The van der Waals surface area contributed by atoms with Gasteiger partial charge in [0, 0.05) is 32.0 Å². The van der Waals surface area contributed by atoms with Crippen molar-refractivity contribution in [3.8, 4) is 17.1 Å². The summed E-state index contributed by atoms with van der Waals surface area (Å²) in [6.07, 6.45) is 7.05. The molecule has 1 N–H and O–H groups in total. The molecule has 0 amide bonds. The number of nitrogens with zero attached hydrogens (tertiary/aromatic N) is 6. The van der Waals surface area contributed by atoms with Crippen molar-refractivity contribution < 1.29 is 4.52 Å². The zero-order valence-electron chi connectivity index (χ0n) is 13.2. The van der Waals surface area contributed by atoms with Crippen LogP contribution in [0.15, 0.2) is 41.4 Å². The third-order valence-corrected chi connectivity index (χ3v) is 3.99. The molecular formula is C15H18ClN7O. The van der Waals surface area contributed by atoms with Crippen molar-refractivity contribution in [1.82, 2.24) is 35.1 Å². The van der Waals surface area contributed by atoms with E-state index in [2.05, 4.69) is 37.5 Å². The topological polar surface area (TPSA) is 84.9 Å². The van der Waals surface area contributed by atoms with Gasteiger partial charge in [0.15, 0.2) is 5.82 Å². The van der Waals surface area contributed by atoms with Crippen molar-refractivity contribution >= 4 is 12.4 Å². The standard InChI is InChI=1S/C15H17N7O.ClH/c1-21-6-5-17-9-13(21)14-19-15(23-20-14)11-7-18-22(10-11)12-3-2-4-16-8-12;/h2-4,7-8,10,13,17H,5-6,9H2,1H3;1H. The molecule has 0 aliphatic carbocycles. The van der Waals surface area contributed by atoms with Crippen LogP contribution in [0, 0.1) is 0 Å². The van der Waals surface area contributed by atoms with Crippen LogP contribution in [0.1, 0.15) is 11.9 Å². The molecule has 4 heterocycles. The Morgan fingerprint density at radius 3 is 3.04 bits per heavy atom. The minimum Gasteiger partial charge on any atom is -0.334 e. The van der Waals surface area contributed by atoms with Gasteiger partial charge in [0.2, 0.25) is 0 Å². The summed E-state index contributed by atoms with van der Waals surface area (Å²) in [6, 6.07) is 3.94. The number of halogens is 1. The molecule has 1 unspecified atom stereocenters. The number of aromatic nitrogens is 5. The number of likely N-dealkylation sites (N-methyl/N-ethyl adjacent to an activating group) is 1. The predicted molar refractivity (Wildman–Crippen MR) is 90.1 cm³/mol. The van der Waals surface area contributed by atoms with E-state index in [9.17, 15) is 0 Å². The van der Waals surface area contributed by atoms with E-state index in [1.165, 1.54) is 0 Å². The van der Waals surface area contributed by atoms with Crippen LogP contribution in [0.3, 0.4) is 0 Å². The summed E-state index contributed by atoms with van der Waals surface area (Å²) < 4.78 is 7.15. The lowest BCUT2D eigenvalue weighted by Crippen LogP contribution is -2.44. The third-order valence-electron chi connectivity index (χ3n) is 3.99. The molecule has 0 saturated carbocycles. The quantitative estimate of drug-likeness (QED) is 0.764. The van der Waals surface area contributed by atoms with Crippen LogP contribution in [0.2, 0.25) is 0 Å². The molecule has 0 radical (unpaired) electrons. The van der Waals surface area contributed by atoms with E-state index in [4.69, 9.17) is 4.52 Å². The summed E-state index contributed by atoms with van der Waals surface area (Å²) in [7, 11) is 2.07. The number of nitrogens with one attached hydrogen (secondary N) is 1. The maximum Gasteiger partial charge on any atom is 0.261 e. The SMILES string of the molecule is CN1CCNCC1c1noc(-c2cnn(-c3cccnc3)c2)n1.Cl. The molecule has 4 rings (SSSR count). The van der Waals surface area contributed by atoms with Crippen LogP contribution in [0.5, 0.6) is 0 Å². The van der Waals surface area contributed by atoms with Gasteiger partial charge in [-0.15, -0.1) is 12.4 Å². The second kappa shape index (κ2) is 7.08. The Balaban J connectivity index is 0.00000169. The van der Waals surface area contributed by atoms with Crippen LogP contribution in [-0.4, -0.2) is 56.5 Å². The monoisotopic (exact) mass is 347 g/mol. The van der Waals surface area contributed by atoms with Gasteiger partial charge in [-0.1, -0.05) is 5.16 Å². The number of piperazine rings is 1. The Labute approximate surface area is 145 Å². The average Bonchev–Trinajstić information content (AvgIpc) is 3.25. The van der Waals surface area contributed by atoms with E-state index >= 15 is 0 Å². The van der Waals surface area contributed by atoms with Crippen molar-refractivity contribution in [2.75, 3.05) is 26.7 Å². The van der Waals surface area contributed by atoms with Crippen LogP contribution in [0.25, 0.3) is 17.1 Å². The lowest BCUT2D eigenvalue weighted by molar-refractivity contribution is 0.190. The zero-order valence-corrected chi connectivity index (χ0v) is 14.0. The van der Waals surface area contributed by atoms with Crippen molar-refractivity contribution in [3.63, 3.8) is 0 Å². The molecule has 126 valence electrons. The van der Waals surface area contributed by atoms with E-state index in [1.54, 1.807) is 23.3 Å². The van der Waals surface area contributed by atoms with E-state index in [0.717, 1.165) is 30.9 Å². The fraction of sp³-hybridized carbons (Fsp3) is 0.333. The smallest absolute Gasteiger partial charge is 0.261 e. The summed E-state index contributed by atoms with van der Waals surface area (Å²) in [4.78, 5) is 10.9. The molecule has 1 saturated heterocycles. The first-order valence-electron chi connectivity index (χ1n) is 7.51. The van der Waals surface area contributed by atoms with Crippen LogP contribution in [0.4, 0.5) is 0 Å². The highest BCUT2D eigenvalue weighted by Gasteiger charge is 2.25. The lowest BCUT2D eigenvalue weighted by Gasteiger charge is -2.30. The third kappa shape index (κ3) is 3.16. The van der Waals surface area contributed by atoms with Gasteiger partial charge >= 0.3 is 0 Å². The van der Waals surface area contributed by atoms with Crippen molar-refractivity contribution in [2.24, 2.45) is 0 Å². The Bertz CT molecular complexity index is 788. The highest BCUT2D eigenvalue weighted by atomic mass is 35.5. The molecule has 1 aliphatic heterocycles. The first-order valence-corrected chi connectivity index (χ1v) is 7.51. The van der Waals surface area contributed by atoms with Crippen LogP contribution < -0.4 is 5.32 Å². The van der Waals surface area contributed by atoms with Crippen molar-refractivity contribution in [1.29, 1.82) is 0 Å². The fourth-order valence-electron chi connectivity index (χ4n) is 2.65. The second-order valence-corrected chi connectivity index (χ2v) is 5.54. The number of rotatable bonds is 3. The van der Waals surface area contributed by atoms with Gasteiger partial charge < -0.3 is 9.84 Å². The molecule has 3 aromatic heterocycles. The highest BCUT2D eigenvalue weighted by molar-refractivity contribution is 5.85. The minimum absolute atomic E-state index is 0. The molecule has 0 spiro atoms. The van der Waals surface area contributed by atoms with Gasteiger partial charge in [0.1, 0.15) is 0 Å². The lowest BCUT2D eigenvalue weighted by atomic mass is 10.2. The summed E-state index contributed by atoms with van der Waals surface area (Å²) >= 11 is 0.